The summed E-state index contributed by atoms with van der Waals surface area (Å²) < 4.78 is 44.8. The highest BCUT2D eigenvalue weighted by Crippen LogP contribution is 2.27. The summed E-state index contributed by atoms with van der Waals surface area (Å²) in [4.78, 5) is 13.3. The average Bonchev–Trinajstić information content (AvgIpc) is 3.18. The van der Waals surface area contributed by atoms with E-state index in [0.29, 0.717) is 11.5 Å². The number of hydrogen-bond acceptors (Lipinski definition) is 3. The van der Waals surface area contributed by atoms with Gasteiger partial charge < -0.3 is 9.32 Å². The van der Waals surface area contributed by atoms with Crippen LogP contribution in [0.2, 0.25) is 0 Å². The Morgan fingerprint density at radius 2 is 2.17 bits per heavy atom. The Bertz CT molecular complexity index is 720. The van der Waals surface area contributed by atoms with Crippen LogP contribution in [0.5, 0.6) is 0 Å². The summed E-state index contributed by atoms with van der Waals surface area (Å²) in [6.45, 7) is 0.0477. The monoisotopic (exact) mass is 341 g/mol. The van der Waals surface area contributed by atoms with Gasteiger partial charge in [-0.2, -0.15) is 18.3 Å². The third kappa shape index (κ3) is 3.63. The molecule has 0 spiro atoms. The van der Waals surface area contributed by atoms with Gasteiger partial charge in [0.05, 0.1) is 25.0 Å². The van der Waals surface area contributed by atoms with Crippen LogP contribution in [0.3, 0.4) is 0 Å². The van der Waals surface area contributed by atoms with Crippen molar-refractivity contribution in [3.63, 3.8) is 0 Å². The molecule has 0 aliphatic heterocycles. The van der Waals surface area contributed by atoms with E-state index in [-0.39, 0.29) is 13.1 Å². The number of aromatic nitrogens is 2. The van der Waals surface area contributed by atoms with Crippen LogP contribution >= 0.6 is 0 Å². The maximum absolute atomic E-state index is 12.6. The topological polar surface area (TPSA) is 51.3 Å². The molecule has 0 bridgehead atoms. The molecule has 5 nitrogen and oxygen atoms in total. The minimum atomic E-state index is -4.54. The smallest absolute Gasteiger partial charge is 0.397 e. The van der Waals surface area contributed by atoms with Gasteiger partial charge in [-0.05, 0) is 37.0 Å². The number of carbonyl (C=O) groups is 1. The molecule has 1 amide bonds. The summed E-state index contributed by atoms with van der Waals surface area (Å²) in [7, 11) is 1.82. The first-order valence-electron chi connectivity index (χ1n) is 7.74. The maximum Gasteiger partial charge on any atom is 0.397 e. The highest BCUT2D eigenvalue weighted by Gasteiger charge is 2.34. The van der Waals surface area contributed by atoms with Crippen molar-refractivity contribution in [2.75, 3.05) is 0 Å². The first-order valence-corrected chi connectivity index (χ1v) is 7.74. The molecule has 0 atom stereocenters. The van der Waals surface area contributed by atoms with Crippen LogP contribution in [0.15, 0.2) is 22.8 Å². The van der Waals surface area contributed by atoms with E-state index in [1.807, 2.05) is 7.05 Å². The van der Waals surface area contributed by atoms with E-state index < -0.39 is 18.5 Å². The number of carbonyl (C=O) groups excluding carboxylic acids is 1. The molecule has 1 aliphatic rings. The lowest BCUT2D eigenvalue weighted by Crippen LogP contribution is -2.33. The Morgan fingerprint density at radius 1 is 1.38 bits per heavy atom. The molecule has 1 aliphatic carbocycles. The summed E-state index contributed by atoms with van der Waals surface area (Å²) in [5, 5.41) is 4.39. The quantitative estimate of drug-likeness (QED) is 0.840. The normalized spacial score (nSPS) is 14.0. The molecule has 0 saturated carbocycles. The summed E-state index contributed by atoms with van der Waals surface area (Å²) in [5.41, 5.74) is 2.83. The summed E-state index contributed by atoms with van der Waals surface area (Å²) in [5.74, 6) is -0.533. The van der Waals surface area contributed by atoms with Crippen molar-refractivity contribution in [1.82, 2.24) is 14.7 Å². The van der Waals surface area contributed by atoms with Crippen LogP contribution in [0.4, 0.5) is 13.2 Å². The van der Waals surface area contributed by atoms with Crippen LogP contribution < -0.4 is 0 Å². The maximum atomic E-state index is 12.6. The minimum absolute atomic E-state index is 0.00669. The van der Waals surface area contributed by atoms with E-state index in [1.165, 1.54) is 6.26 Å². The Labute approximate surface area is 137 Å². The van der Waals surface area contributed by atoms with Gasteiger partial charge in [-0.1, -0.05) is 0 Å². The number of aryl methyl sites for hydroxylation is 1. The van der Waals surface area contributed by atoms with E-state index in [9.17, 15) is 18.0 Å². The van der Waals surface area contributed by atoms with Crippen molar-refractivity contribution in [2.24, 2.45) is 7.05 Å². The molecule has 0 unspecified atom stereocenters. The molecule has 0 saturated heterocycles. The zero-order valence-electron chi connectivity index (χ0n) is 13.3. The molecule has 130 valence electrons. The van der Waals surface area contributed by atoms with Crippen LogP contribution in [0, 0.1) is 0 Å². The van der Waals surface area contributed by atoms with Crippen molar-refractivity contribution in [1.29, 1.82) is 0 Å². The van der Waals surface area contributed by atoms with Gasteiger partial charge in [-0.15, -0.1) is 0 Å². The molecular formula is C16H18F3N3O2. The lowest BCUT2D eigenvalue weighted by molar-refractivity contribution is -0.162. The van der Waals surface area contributed by atoms with Crippen LogP contribution in [0.1, 0.15) is 35.6 Å². The van der Waals surface area contributed by atoms with Gasteiger partial charge in [0, 0.05) is 12.7 Å². The van der Waals surface area contributed by atoms with Crippen LogP contribution in [-0.2, 0) is 37.8 Å². The molecule has 3 rings (SSSR count). The van der Waals surface area contributed by atoms with E-state index in [2.05, 4.69) is 5.10 Å². The number of nitrogens with zero attached hydrogens (tertiary/aromatic N) is 3. The molecule has 0 fully saturated rings. The fourth-order valence-electron chi connectivity index (χ4n) is 3.11. The van der Waals surface area contributed by atoms with Crippen LogP contribution in [0.25, 0.3) is 0 Å². The average molecular weight is 341 g/mol. The first kappa shape index (κ1) is 16.6. The van der Waals surface area contributed by atoms with Gasteiger partial charge in [-0.3, -0.25) is 9.48 Å². The SMILES string of the molecule is Cn1nc(CN(Cc2ccco2)C(=O)CC(F)(F)F)c2c1CCC2. The minimum Gasteiger partial charge on any atom is -0.467 e. The predicted molar refractivity (Wildman–Crippen MR) is 78.9 cm³/mol. The molecule has 2 aromatic rings. The Hall–Kier alpha value is -2.25. The third-order valence-corrected chi connectivity index (χ3v) is 4.17. The fourth-order valence-corrected chi connectivity index (χ4v) is 3.11. The van der Waals surface area contributed by atoms with Gasteiger partial charge in [-0.25, -0.2) is 0 Å². The number of halogens is 3. The standard InChI is InChI=1S/C16H18F3N3O2/c1-21-14-6-2-5-12(14)13(20-21)10-22(9-11-4-3-7-24-11)15(23)8-16(17,18)19/h3-4,7H,2,5-6,8-10H2,1H3. The van der Waals surface area contributed by atoms with Crippen molar-refractivity contribution in [3.8, 4) is 0 Å². The highest BCUT2D eigenvalue weighted by atomic mass is 19.4. The van der Waals surface area contributed by atoms with E-state index >= 15 is 0 Å². The van der Waals surface area contributed by atoms with E-state index in [4.69, 9.17) is 4.42 Å². The lowest BCUT2D eigenvalue weighted by atomic mass is 10.2. The van der Waals surface area contributed by atoms with E-state index in [0.717, 1.165) is 35.4 Å². The number of furan rings is 1. The predicted octanol–water partition coefficient (Wildman–Crippen LogP) is 2.98. The van der Waals surface area contributed by atoms with Crippen LogP contribution in [-0.4, -0.2) is 26.8 Å². The Morgan fingerprint density at radius 3 is 2.83 bits per heavy atom. The third-order valence-electron chi connectivity index (χ3n) is 4.17. The van der Waals surface area contributed by atoms with Crippen molar-refractivity contribution in [3.05, 3.63) is 41.1 Å². The second-order valence-electron chi connectivity index (χ2n) is 5.97. The van der Waals surface area contributed by atoms with Gasteiger partial charge in [0.1, 0.15) is 12.2 Å². The molecule has 0 aromatic carbocycles. The van der Waals surface area contributed by atoms with Crippen molar-refractivity contribution >= 4 is 5.91 Å². The van der Waals surface area contributed by atoms with E-state index in [1.54, 1.807) is 16.8 Å². The van der Waals surface area contributed by atoms with Crippen molar-refractivity contribution < 1.29 is 22.4 Å². The second-order valence-corrected chi connectivity index (χ2v) is 5.97. The molecule has 0 N–H and O–H groups in total. The molecule has 2 heterocycles. The number of alkyl halides is 3. The highest BCUT2D eigenvalue weighted by molar-refractivity contribution is 5.76. The lowest BCUT2D eigenvalue weighted by Gasteiger charge is -2.22. The molecule has 24 heavy (non-hydrogen) atoms. The van der Waals surface area contributed by atoms with Gasteiger partial charge >= 0.3 is 6.18 Å². The Kier molecular flexibility index (Phi) is 4.38. The largest absolute Gasteiger partial charge is 0.467 e. The molecule has 2 aromatic heterocycles. The summed E-state index contributed by atoms with van der Waals surface area (Å²) >= 11 is 0. The second kappa shape index (κ2) is 6.33. The zero-order chi connectivity index (χ0) is 17.3. The number of rotatable bonds is 5. The first-order chi connectivity index (χ1) is 11.3. The number of amides is 1. The molecular weight excluding hydrogens is 323 g/mol. The summed E-state index contributed by atoms with van der Waals surface area (Å²) in [6.07, 6.45) is -1.83. The van der Waals surface area contributed by atoms with Crippen molar-refractivity contribution in [2.45, 2.75) is 44.9 Å². The number of fused-ring (bicyclic) bond motifs is 1. The van der Waals surface area contributed by atoms with Gasteiger partial charge in [0.25, 0.3) is 0 Å². The number of hydrogen-bond donors (Lipinski definition) is 0. The van der Waals surface area contributed by atoms with Gasteiger partial charge in [0.2, 0.25) is 5.91 Å². The summed E-state index contributed by atoms with van der Waals surface area (Å²) in [6, 6.07) is 3.27. The molecule has 8 heteroatoms. The fraction of sp³-hybridized carbons (Fsp3) is 0.500. The zero-order valence-corrected chi connectivity index (χ0v) is 13.3. The van der Waals surface area contributed by atoms with Gasteiger partial charge in [0.15, 0.2) is 0 Å². The molecule has 0 radical (unpaired) electrons. The Balaban J connectivity index is 1.82.